The lowest BCUT2D eigenvalue weighted by Gasteiger charge is -2.14. The zero-order chi connectivity index (χ0) is 12.3. The summed E-state index contributed by atoms with van der Waals surface area (Å²) in [6.07, 6.45) is 0. The number of carbonyl (C=O) groups excluding carboxylic acids is 1. The molecule has 0 aromatic heterocycles. The quantitative estimate of drug-likeness (QED) is 0.828. The van der Waals surface area contributed by atoms with Gasteiger partial charge in [-0.25, -0.2) is 0 Å². The van der Waals surface area contributed by atoms with Crippen molar-refractivity contribution in [3.8, 4) is 0 Å². The molecule has 0 fully saturated rings. The van der Waals surface area contributed by atoms with Crippen molar-refractivity contribution in [3.05, 3.63) is 70.2 Å². The molecule has 2 rings (SSSR count). The van der Waals surface area contributed by atoms with Crippen LogP contribution in [0.1, 0.15) is 24.0 Å². The molecule has 0 saturated carbocycles. The first-order chi connectivity index (χ1) is 8.18. The molecule has 2 aromatic carbocycles. The summed E-state index contributed by atoms with van der Waals surface area (Å²) >= 11 is 3.40. The largest absolute Gasteiger partial charge is 0.299 e. The highest BCUT2D eigenvalue weighted by molar-refractivity contribution is 9.10. The molecule has 2 heteroatoms. The molecule has 1 atom stereocenters. The maximum Gasteiger partial charge on any atom is 0.141 e. The molecule has 0 aliphatic carbocycles. The number of ketones is 1. The van der Waals surface area contributed by atoms with Gasteiger partial charge in [-0.05, 0) is 30.2 Å². The lowest BCUT2D eigenvalue weighted by Crippen LogP contribution is -2.10. The van der Waals surface area contributed by atoms with Crippen molar-refractivity contribution in [2.45, 2.75) is 12.8 Å². The second kappa shape index (κ2) is 5.28. The fraction of sp³-hybridized carbons (Fsp3) is 0.133. The van der Waals surface area contributed by atoms with Crippen LogP contribution >= 0.6 is 15.9 Å². The van der Waals surface area contributed by atoms with Gasteiger partial charge in [-0.2, -0.15) is 0 Å². The number of benzene rings is 2. The van der Waals surface area contributed by atoms with Gasteiger partial charge in [0.2, 0.25) is 0 Å². The maximum atomic E-state index is 11.8. The first kappa shape index (κ1) is 12.1. The van der Waals surface area contributed by atoms with Gasteiger partial charge >= 0.3 is 0 Å². The number of carbonyl (C=O) groups is 1. The highest BCUT2D eigenvalue weighted by atomic mass is 79.9. The van der Waals surface area contributed by atoms with Crippen molar-refractivity contribution in [2.75, 3.05) is 0 Å². The molecule has 0 aliphatic heterocycles. The van der Waals surface area contributed by atoms with Gasteiger partial charge in [0.05, 0.1) is 5.92 Å². The second-order valence-corrected chi connectivity index (χ2v) is 4.92. The molecule has 0 spiro atoms. The van der Waals surface area contributed by atoms with E-state index in [9.17, 15) is 4.79 Å². The Kier molecular flexibility index (Phi) is 3.75. The minimum atomic E-state index is -0.163. The van der Waals surface area contributed by atoms with Crippen molar-refractivity contribution in [3.63, 3.8) is 0 Å². The van der Waals surface area contributed by atoms with E-state index in [4.69, 9.17) is 0 Å². The van der Waals surface area contributed by atoms with Crippen LogP contribution in [0.25, 0.3) is 0 Å². The van der Waals surface area contributed by atoms with Gasteiger partial charge in [0.25, 0.3) is 0 Å². The molecule has 0 aliphatic rings. The minimum absolute atomic E-state index is 0.163. The number of hydrogen-bond acceptors (Lipinski definition) is 1. The van der Waals surface area contributed by atoms with E-state index < -0.39 is 0 Å². The van der Waals surface area contributed by atoms with E-state index in [-0.39, 0.29) is 11.7 Å². The summed E-state index contributed by atoms with van der Waals surface area (Å²) in [5.41, 5.74) is 2.08. The standard InChI is InChI=1S/C15H13BrO/c1-11(17)15(12-5-3-2-4-6-12)13-7-9-14(16)10-8-13/h2-10,15H,1H3. The first-order valence-electron chi connectivity index (χ1n) is 5.49. The molecule has 86 valence electrons. The van der Waals surface area contributed by atoms with Crippen molar-refractivity contribution in [1.82, 2.24) is 0 Å². The fourth-order valence-electron chi connectivity index (χ4n) is 1.96. The van der Waals surface area contributed by atoms with Gasteiger partial charge in [-0.15, -0.1) is 0 Å². The third-order valence-corrected chi connectivity index (χ3v) is 3.27. The van der Waals surface area contributed by atoms with Crippen molar-refractivity contribution >= 4 is 21.7 Å². The molecule has 2 aromatic rings. The highest BCUT2D eigenvalue weighted by Gasteiger charge is 2.18. The van der Waals surface area contributed by atoms with Gasteiger partial charge in [0, 0.05) is 4.47 Å². The predicted molar refractivity (Wildman–Crippen MR) is 73.1 cm³/mol. The van der Waals surface area contributed by atoms with Crippen LogP contribution in [0.5, 0.6) is 0 Å². The zero-order valence-corrected chi connectivity index (χ0v) is 11.1. The Bertz CT molecular complexity index is 502. The topological polar surface area (TPSA) is 17.1 Å². The Morgan fingerprint density at radius 1 is 0.941 bits per heavy atom. The molecule has 0 saturated heterocycles. The maximum absolute atomic E-state index is 11.8. The van der Waals surface area contributed by atoms with Gasteiger partial charge in [-0.3, -0.25) is 4.79 Å². The van der Waals surface area contributed by atoms with Crippen LogP contribution in [-0.2, 0) is 4.79 Å². The van der Waals surface area contributed by atoms with Gasteiger partial charge in [0.15, 0.2) is 0 Å². The smallest absolute Gasteiger partial charge is 0.141 e. The van der Waals surface area contributed by atoms with E-state index in [1.807, 2.05) is 54.6 Å². The molecule has 0 N–H and O–H groups in total. The summed E-state index contributed by atoms with van der Waals surface area (Å²) in [5, 5.41) is 0. The summed E-state index contributed by atoms with van der Waals surface area (Å²) < 4.78 is 1.02. The fourth-order valence-corrected chi connectivity index (χ4v) is 2.23. The van der Waals surface area contributed by atoms with E-state index in [1.54, 1.807) is 6.92 Å². The minimum Gasteiger partial charge on any atom is -0.299 e. The lowest BCUT2D eigenvalue weighted by molar-refractivity contribution is -0.117. The molecule has 1 unspecified atom stereocenters. The van der Waals surface area contributed by atoms with Crippen LogP contribution in [0.4, 0.5) is 0 Å². The summed E-state index contributed by atoms with van der Waals surface area (Å²) in [4.78, 5) is 11.8. The molecule has 17 heavy (non-hydrogen) atoms. The van der Waals surface area contributed by atoms with Gasteiger partial charge < -0.3 is 0 Å². The van der Waals surface area contributed by atoms with Crippen molar-refractivity contribution < 1.29 is 4.79 Å². The third kappa shape index (κ3) is 2.83. The summed E-state index contributed by atoms with van der Waals surface area (Å²) in [7, 11) is 0. The van der Waals surface area contributed by atoms with E-state index in [2.05, 4.69) is 15.9 Å². The lowest BCUT2D eigenvalue weighted by atomic mass is 9.88. The highest BCUT2D eigenvalue weighted by Crippen LogP contribution is 2.26. The number of halogens is 1. The number of hydrogen-bond donors (Lipinski definition) is 0. The van der Waals surface area contributed by atoms with Crippen LogP contribution in [0.3, 0.4) is 0 Å². The molecular formula is C15H13BrO. The predicted octanol–water partition coefficient (Wildman–Crippen LogP) is 4.17. The normalized spacial score (nSPS) is 12.1. The number of rotatable bonds is 3. The SMILES string of the molecule is CC(=O)C(c1ccccc1)c1ccc(Br)cc1. The van der Waals surface area contributed by atoms with E-state index in [0.717, 1.165) is 15.6 Å². The van der Waals surface area contributed by atoms with E-state index >= 15 is 0 Å². The Labute approximate surface area is 110 Å². The van der Waals surface area contributed by atoms with Crippen molar-refractivity contribution in [2.24, 2.45) is 0 Å². The molecular weight excluding hydrogens is 276 g/mol. The average molecular weight is 289 g/mol. The molecule has 0 radical (unpaired) electrons. The molecule has 1 nitrogen and oxygen atoms in total. The monoisotopic (exact) mass is 288 g/mol. The Balaban J connectivity index is 2.43. The zero-order valence-electron chi connectivity index (χ0n) is 9.56. The third-order valence-electron chi connectivity index (χ3n) is 2.74. The molecule has 0 amide bonds. The first-order valence-corrected chi connectivity index (χ1v) is 6.28. The van der Waals surface area contributed by atoms with Crippen LogP contribution in [0, 0.1) is 0 Å². The van der Waals surface area contributed by atoms with Crippen LogP contribution in [-0.4, -0.2) is 5.78 Å². The second-order valence-electron chi connectivity index (χ2n) is 4.01. The van der Waals surface area contributed by atoms with Gasteiger partial charge in [-0.1, -0.05) is 58.4 Å². The van der Waals surface area contributed by atoms with E-state index in [1.165, 1.54) is 0 Å². The Hall–Kier alpha value is -1.41. The average Bonchev–Trinajstić information content (AvgIpc) is 2.33. The summed E-state index contributed by atoms with van der Waals surface area (Å²) in [5.74, 6) is 0.00261. The Morgan fingerprint density at radius 2 is 1.47 bits per heavy atom. The van der Waals surface area contributed by atoms with Gasteiger partial charge in [0.1, 0.15) is 5.78 Å². The number of Topliss-reactive ketones (excluding diaryl/α,β-unsaturated/α-hetero) is 1. The van der Waals surface area contributed by atoms with Crippen molar-refractivity contribution in [1.29, 1.82) is 0 Å². The van der Waals surface area contributed by atoms with Crippen LogP contribution in [0.2, 0.25) is 0 Å². The molecule has 0 heterocycles. The van der Waals surface area contributed by atoms with Crippen LogP contribution < -0.4 is 0 Å². The Morgan fingerprint density at radius 3 is 2.00 bits per heavy atom. The summed E-state index contributed by atoms with van der Waals surface area (Å²) in [6, 6.07) is 17.8. The molecule has 0 bridgehead atoms. The summed E-state index contributed by atoms with van der Waals surface area (Å²) in [6.45, 7) is 1.64. The van der Waals surface area contributed by atoms with E-state index in [0.29, 0.717) is 0 Å². The van der Waals surface area contributed by atoms with Crippen LogP contribution in [0.15, 0.2) is 59.1 Å².